The van der Waals surface area contributed by atoms with E-state index < -0.39 is 42.5 Å². The Morgan fingerprint density at radius 1 is 1.08 bits per heavy atom. The number of nitrogens with one attached hydrogen (secondary N) is 1. The van der Waals surface area contributed by atoms with Gasteiger partial charge in [-0.15, -0.1) is 0 Å². The fourth-order valence-electron chi connectivity index (χ4n) is 1.95. The van der Waals surface area contributed by atoms with Crippen molar-refractivity contribution in [2.75, 3.05) is 19.8 Å². The van der Waals surface area contributed by atoms with Crippen LogP contribution < -0.4 is 11.2 Å². The van der Waals surface area contributed by atoms with Crippen LogP contribution in [0.2, 0.25) is 0 Å². The highest BCUT2D eigenvalue weighted by Gasteiger charge is 2.27. The van der Waals surface area contributed by atoms with Crippen molar-refractivity contribution in [3.05, 3.63) is 56.7 Å². The molecule has 0 atom stereocenters. The number of aliphatic hydroxyl groups excluding tert-OH is 3. The number of aromatic nitrogens is 2. The van der Waals surface area contributed by atoms with Crippen LogP contribution in [0.1, 0.15) is 5.56 Å². The molecule has 9 nitrogen and oxygen atoms in total. The molecular formula is C15H17N3O6. The summed E-state index contributed by atoms with van der Waals surface area (Å²) in [6.07, 6.45) is 0.899. The average Bonchev–Trinajstić information content (AvgIpc) is 2.59. The first-order valence-corrected chi connectivity index (χ1v) is 6.99. The number of nitrogens with zero attached hydrogens (tertiary/aromatic N) is 2. The van der Waals surface area contributed by atoms with Gasteiger partial charge in [0.15, 0.2) is 0 Å². The minimum Gasteiger partial charge on any atom is -0.493 e. The Balaban J connectivity index is 2.61. The Morgan fingerprint density at radius 3 is 2.21 bits per heavy atom. The van der Waals surface area contributed by atoms with Gasteiger partial charge >= 0.3 is 5.69 Å². The number of hydrogen-bond acceptors (Lipinski definition) is 7. The number of H-pyrrole nitrogens is 1. The SMILES string of the molecule is O=c1[nH]c(=O)n(-c2ccccc2)c(O)c1C=NC(CO)(CO)CO. The number of aliphatic hydroxyl groups is 3. The highest BCUT2D eigenvalue weighted by Crippen LogP contribution is 2.16. The zero-order chi connectivity index (χ0) is 17.7. The average molecular weight is 335 g/mol. The maximum atomic E-state index is 12.0. The van der Waals surface area contributed by atoms with Crippen LogP contribution in [0.3, 0.4) is 0 Å². The fraction of sp³-hybridized carbons (Fsp3) is 0.267. The minimum atomic E-state index is -1.60. The molecule has 0 radical (unpaired) electrons. The van der Waals surface area contributed by atoms with Gasteiger partial charge < -0.3 is 20.4 Å². The molecule has 5 N–H and O–H groups in total. The minimum absolute atomic E-state index is 0.323. The number of aromatic hydroxyl groups is 1. The third-order valence-electron chi connectivity index (χ3n) is 3.49. The Morgan fingerprint density at radius 2 is 1.67 bits per heavy atom. The van der Waals surface area contributed by atoms with Gasteiger partial charge in [0.2, 0.25) is 5.88 Å². The molecule has 0 aliphatic carbocycles. The summed E-state index contributed by atoms with van der Waals surface area (Å²) in [6.45, 7) is -2.02. The molecule has 0 fully saturated rings. The van der Waals surface area contributed by atoms with Gasteiger partial charge in [-0.2, -0.15) is 0 Å². The van der Waals surface area contributed by atoms with E-state index >= 15 is 0 Å². The summed E-state index contributed by atoms with van der Waals surface area (Å²) >= 11 is 0. The second-order valence-corrected chi connectivity index (χ2v) is 5.12. The first-order chi connectivity index (χ1) is 11.5. The Labute approximate surface area is 135 Å². The zero-order valence-corrected chi connectivity index (χ0v) is 12.6. The van der Waals surface area contributed by atoms with Gasteiger partial charge in [-0.1, -0.05) is 18.2 Å². The van der Waals surface area contributed by atoms with Crippen molar-refractivity contribution in [3.8, 4) is 11.6 Å². The second kappa shape index (κ2) is 7.21. The number of benzene rings is 1. The normalized spacial score (nSPS) is 12.0. The number of para-hydroxylation sites is 1. The lowest BCUT2D eigenvalue weighted by Crippen LogP contribution is -2.40. The van der Waals surface area contributed by atoms with Gasteiger partial charge in [0.1, 0.15) is 11.1 Å². The topological polar surface area (TPSA) is 148 Å². The number of aliphatic imine (C=N–C) groups is 1. The van der Waals surface area contributed by atoms with E-state index in [1.165, 1.54) is 0 Å². The lowest BCUT2D eigenvalue weighted by molar-refractivity contribution is 0.0718. The van der Waals surface area contributed by atoms with E-state index in [9.17, 15) is 30.0 Å². The van der Waals surface area contributed by atoms with Crippen LogP contribution in [0.15, 0.2) is 44.9 Å². The van der Waals surface area contributed by atoms with Crippen molar-refractivity contribution in [1.82, 2.24) is 9.55 Å². The van der Waals surface area contributed by atoms with E-state index in [0.29, 0.717) is 5.69 Å². The van der Waals surface area contributed by atoms with Crippen molar-refractivity contribution in [2.24, 2.45) is 4.99 Å². The summed E-state index contributed by atoms with van der Waals surface area (Å²) in [4.78, 5) is 29.7. The van der Waals surface area contributed by atoms with Crippen LogP contribution in [0.5, 0.6) is 5.88 Å². The highest BCUT2D eigenvalue weighted by molar-refractivity contribution is 5.82. The molecule has 2 aromatic rings. The van der Waals surface area contributed by atoms with Crippen LogP contribution >= 0.6 is 0 Å². The predicted molar refractivity (Wildman–Crippen MR) is 85.9 cm³/mol. The van der Waals surface area contributed by atoms with E-state index in [1.54, 1.807) is 30.3 Å². The first-order valence-electron chi connectivity index (χ1n) is 6.99. The Bertz CT molecular complexity index is 828. The van der Waals surface area contributed by atoms with E-state index in [2.05, 4.69) is 9.98 Å². The van der Waals surface area contributed by atoms with Gasteiger partial charge in [0.25, 0.3) is 5.56 Å². The number of rotatable bonds is 6. The summed E-state index contributed by atoms with van der Waals surface area (Å²) in [5.41, 5.74) is -3.36. The molecule has 1 heterocycles. The smallest absolute Gasteiger partial charge is 0.335 e. The van der Waals surface area contributed by atoms with Crippen LogP contribution in [0, 0.1) is 0 Å². The van der Waals surface area contributed by atoms with Crippen LogP contribution in [0.4, 0.5) is 0 Å². The van der Waals surface area contributed by atoms with Crippen LogP contribution in [-0.4, -0.2) is 61.6 Å². The molecule has 9 heteroatoms. The molecule has 1 aromatic carbocycles. The van der Waals surface area contributed by atoms with Crippen molar-refractivity contribution < 1.29 is 20.4 Å². The molecule has 0 aliphatic rings. The predicted octanol–water partition coefficient (Wildman–Crippen LogP) is -1.63. The molecule has 0 bridgehead atoms. The summed E-state index contributed by atoms with van der Waals surface area (Å²) in [5, 5.41) is 38.0. The largest absolute Gasteiger partial charge is 0.493 e. The van der Waals surface area contributed by atoms with Gasteiger partial charge in [0.05, 0.1) is 25.5 Å². The van der Waals surface area contributed by atoms with Crippen molar-refractivity contribution in [1.29, 1.82) is 0 Å². The van der Waals surface area contributed by atoms with Crippen molar-refractivity contribution >= 4 is 6.21 Å². The summed E-state index contributed by atoms with van der Waals surface area (Å²) < 4.78 is 0.876. The van der Waals surface area contributed by atoms with E-state index in [1.807, 2.05) is 0 Å². The Kier molecular flexibility index (Phi) is 5.29. The van der Waals surface area contributed by atoms with Crippen LogP contribution in [0.25, 0.3) is 5.69 Å². The van der Waals surface area contributed by atoms with Gasteiger partial charge in [-0.05, 0) is 12.1 Å². The standard InChI is InChI=1S/C15H17N3O6/c19-7-15(8-20,9-21)16-6-11-12(22)17-14(24)18(13(11)23)10-4-2-1-3-5-10/h1-6,19-21,23H,7-9H2,(H,17,22,24). The fourth-order valence-corrected chi connectivity index (χ4v) is 1.95. The second-order valence-electron chi connectivity index (χ2n) is 5.12. The molecule has 0 saturated heterocycles. The first kappa shape index (κ1) is 17.6. The third-order valence-corrected chi connectivity index (χ3v) is 3.49. The molecule has 2 rings (SSSR count). The van der Waals surface area contributed by atoms with E-state index in [-0.39, 0.29) is 5.56 Å². The lowest BCUT2D eigenvalue weighted by Gasteiger charge is -2.22. The molecule has 1 aromatic heterocycles. The summed E-state index contributed by atoms with van der Waals surface area (Å²) in [5.74, 6) is -0.651. The zero-order valence-electron chi connectivity index (χ0n) is 12.6. The van der Waals surface area contributed by atoms with Crippen LogP contribution in [-0.2, 0) is 0 Å². The quantitative estimate of drug-likeness (QED) is 0.400. The molecule has 0 spiro atoms. The maximum Gasteiger partial charge on any atom is 0.335 e. The molecule has 0 unspecified atom stereocenters. The molecule has 0 saturated carbocycles. The van der Waals surface area contributed by atoms with E-state index in [0.717, 1.165) is 10.8 Å². The lowest BCUT2D eigenvalue weighted by atomic mass is 10.1. The summed E-state index contributed by atoms with van der Waals surface area (Å²) in [7, 11) is 0. The third kappa shape index (κ3) is 3.27. The number of hydrogen-bond donors (Lipinski definition) is 5. The number of aromatic amines is 1. The molecule has 24 heavy (non-hydrogen) atoms. The summed E-state index contributed by atoms with van der Waals surface area (Å²) in [6, 6.07) is 8.13. The molecule has 0 aliphatic heterocycles. The van der Waals surface area contributed by atoms with Crippen molar-refractivity contribution in [3.63, 3.8) is 0 Å². The van der Waals surface area contributed by atoms with Crippen molar-refractivity contribution in [2.45, 2.75) is 5.54 Å². The molecular weight excluding hydrogens is 318 g/mol. The maximum absolute atomic E-state index is 12.0. The van der Waals surface area contributed by atoms with Gasteiger partial charge in [-0.25, -0.2) is 9.36 Å². The Hall–Kier alpha value is -2.75. The molecule has 0 amide bonds. The van der Waals surface area contributed by atoms with E-state index in [4.69, 9.17) is 0 Å². The van der Waals surface area contributed by atoms with Gasteiger partial charge in [-0.3, -0.25) is 14.8 Å². The van der Waals surface area contributed by atoms with Gasteiger partial charge in [0, 0.05) is 6.21 Å². The monoisotopic (exact) mass is 335 g/mol. The molecule has 128 valence electrons. The highest BCUT2D eigenvalue weighted by atomic mass is 16.3.